The number of hydrogen-bond donors (Lipinski definition) is 1. The number of hydrogen-bond acceptors (Lipinski definition) is 6. The van der Waals surface area contributed by atoms with Gasteiger partial charge in [-0.3, -0.25) is 13.9 Å². The minimum atomic E-state index is -4.26. The van der Waals surface area contributed by atoms with Gasteiger partial charge in [0.1, 0.15) is 24.1 Å². The van der Waals surface area contributed by atoms with Crippen LogP contribution < -0.4 is 19.1 Å². The summed E-state index contributed by atoms with van der Waals surface area (Å²) in [5.74, 6) is -0.168. The molecule has 3 aromatic rings. The predicted octanol–water partition coefficient (Wildman–Crippen LogP) is 4.41. The number of carbonyl (C=O) groups is 2. The zero-order valence-electron chi connectivity index (χ0n) is 23.2. The highest BCUT2D eigenvalue weighted by Gasteiger charge is 2.34. The lowest BCUT2D eigenvalue weighted by molar-refractivity contribution is -0.139. The summed E-state index contributed by atoms with van der Waals surface area (Å²) in [7, 11) is -1.33. The van der Waals surface area contributed by atoms with Crippen LogP contribution in [0.25, 0.3) is 0 Å². The standard InChI is InChI=1S/C29H34ClN3O6S/c1-6-31-29(35)21(3)32(18-22-8-7-9-24(16-22)38-4)28(34)19-33(26-17-23(30)12-15-27(26)39-5)40(36,37)25-13-10-20(2)11-14-25/h7-17,21H,6,18-19H2,1-5H3,(H,31,35)/t21-/m1/s1. The molecule has 3 rings (SSSR count). The van der Waals surface area contributed by atoms with Gasteiger partial charge in [0.2, 0.25) is 11.8 Å². The van der Waals surface area contributed by atoms with E-state index in [2.05, 4.69) is 5.32 Å². The summed E-state index contributed by atoms with van der Waals surface area (Å²) < 4.78 is 39.7. The van der Waals surface area contributed by atoms with Gasteiger partial charge in [0.15, 0.2) is 0 Å². The molecule has 11 heteroatoms. The van der Waals surface area contributed by atoms with Crippen molar-refractivity contribution in [2.24, 2.45) is 0 Å². The lowest BCUT2D eigenvalue weighted by Gasteiger charge is -2.32. The maximum atomic E-state index is 14.0. The van der Waals surface area contributed by atoms with Crippen LogP contribution in [-0.2, 0) is 26.2 Å². The third kappa shape index (κ3) is 7.25. The molecule has 0 radical (unpaired) electrons. The van der Waals surface area contributed by atoms with Crippen molar-refractivity contribution >= 4 is 39.1 Å². The van der Waals surface area contributed by atoms with E-state index in [1.807, 2.05) is 6.92 Å². The minimum Gasteiger partial charge on any atom is -0.497 e. The van der Waals surface area contributed by atoms with Crippen molar-refractivity contribution in [3.63, 3.8) is 0 Å². The SMILES string of the molecule is CCNC(=O)[C@@H](C)N(Cc1cccc(OC)c1)C(=O)CN(c1cc(Cl)ccc1OC)S(=O)(=O)c1ccc(C)cc1. The van der Waals surface area contributed by atoms with E-state index in [1.165, 1.54) is 43.4 Å². The Kier molecular flexibility index (Phi) is 10.4. The Bertz CT molecular complexity index is 1450. The van der Waals surface area contributed by atoms with Gasteiger partial charge in [0.05, 0.1) is 24.8 Å². The lowest BCUT2D eigenvalue weighted by atomic mass is 10.1. The normalized spacial score (nSPS) is 11.8. The van der Waals surface area contributed by atoms with Crippen LogP contribution in [0.5, 0.6) is 11.5 Å². The molecular weight excluding hydrogens is 554 g/mol. The molecule has 0 aliphatic rings. The number of benzene rings is 3. The Morgan fingerprint density at radius 1 is 1.00 bits per heavy atom. The van der Waals surface area contributed by atoms with Crippen molar-refractivity contribution in [1.29, 1.82) is 0 Å². The molecule has 0 bridgehead atoms. The van der Waals surface area contributed by atoms with E-state index in [-0.39, 0.29) is 33.8 Å². The second-order valence-corrected chi connectivity index (χ2v) is 11.4. The fourth-order valence-corrected chi connectivity index (χ4v) is 5.66. The van der Waals surface area contributed by atoms with E-state index >= 15 is 0 Å². The van der Waals surface area contributed by atoms with Gasteiger partial charge in [-0.15, -0.1) is 0 Å². The highest BCUT2D eigenvalue weighted by Crippen LogP contribution is 2.35. The number of carbonyl (C=O) groups excluding carboxylic acids is 2. The number of likely N-dealkylation sites (N-methyl/N-ethyl adjacent to an activating group) is 1. The van der Waals surface area contributed by atoms with Gasteiger partial charge in [-0.1, -0.05) is 41.4 Å². The van der Waals surface area contributed by atoms with Gasteiger partial charge >= 0.3 is 0 Å². The van der Waals surface area contributed by atoms with Crippen LogP contribution >= 0.6 is 11.6 Å². The van der Waals surface area contributed by atoms with Gasteiger partial charge < -0.3 is 19.7 Å². The molecule has 1 N–H and O–H groups in total. The first-order chi connectivity index (χ1) is 19.0. The van der Waals surface area contributed by atoms with Crippen molar-refractivity contribution in [3.8, 4) is 11.5 Å². The molecule has 0 fully saturated rings. The fraction of sp³-hybridized carbons (Fsp3) is 0.310. The summed E-state index contributed by atoms with van der Waals surface area (Å²) in [5.41, 5.74) is 1.68. The van der Waals surface area contributed by atoms with E-state index in [9.17, 15) is 18.0 Å². The highest BCUT2D eigenvalue weighted by atomic mass is 35.5. The molecule has 0 saturated carbocycles. The molecule has 2 amide bonds. The third-order valence-corrected chi connectivity index (χ3v) is 8.31. The molecule has 0 unspecified atom stereocenters. The molecule has 0 aliphatic heterocycles. The Balaban J connectivity index is 2.10. The first-order valence-electron chi connectivity index (χ1n) is 12.6. The molecule has 9 nitrogen and oxygen atoms in total. The van der Waals surface area contributed by atoms with Crippen LogP contribution in [0.15, 0.2) is 71.6 Å². The number of ether oxygens (including phenoxy) is 2. The number of amides is 2. The number of methoxy groups -OCH3 is 2. The second-order valence-electron chi connectivity index (χ2n) is 9.08. The highest BCUT2D eigenvalue weighted by molar-refractivity contribution is 7.92. The summed E-state index contributed by atoms with van der Waals surface area (Å²) in [6, 6.07) is 17.0. The molecule has 0 spiro atoms. The zero-order chi connectivity index (χ0) is 29.4. The summed E-state index contributed by atoms with van der Waals surface area (Å²) in [4.78, 5) is 28.2. The Labute approximate surface area is 240 Å². The molecule has 1 atom stereocenters. The maximum Gasteiger partial charge on any atom is 0.264 e. The van der Waals surface area contributed by atoms with Crippen LogP contribution in [0, 0.1) is 6.92 Å². The van der Waals surface area contributed by atoms with E-state index in [0.29, 0.717) is 17.9 Å². The maximum absolute atomic E-state index is 14.0. The number of halogens is 1. The summed E-state index contributed by atoms with van der Waals surface area (Å²) in [6.45, 7) is 5.02. The molecule has 0 aromatic heterocycles. The number of nitrogens with zero attached hydrogens (tertiary/aromatic N) is 2. The second kappa shape index (κ2) is 13.5. The average molecular weight is 588 g/mol. The van der Waals surface area contributed by atoms with Crippen molar-refractivity contribution in [1.82, 2.24) is 10.2 Å². The molecule has 40 heavy (non-hydrogen) atoms. The minimum absolute atomic E-state index is 0.0101. The largest absolute Gasteiger partial charge is 0.497 e. The smallest absolute Gasteiger partial charge is 0.264 e. The van der Waals surface area contributed by atoms with E-state index < -0.39 is 28.5 Å². The van der Waals surface area contributed by atoms with E-state index in [4.69, 9.17) is 21.1 Å². The molecule has 0 heterocycles. The topological polar surface area (TPSA) is 105 Å². The molecule has 3 aromatic carbocycles. The fourth-order valence-electron chi connectivity index (χ4n) is 4.08. The zero-order valence-corrected chi connectivity index (χ0v) is 24.8. The summed E-state index contributed by atoms with van der Waals surface area (Å²) >= 11 is 6.26. The number of sulfonamides is 1. The van der Waals surface area contributed by atoms with Crippen molar-refractivity contribution in [3.05, 3.63) is 82.9 Å². The number of rotatable bonds is 12. The number of anilines is 1. The van der Waals surface area contributed by atoms with Gasteiger partial charge in [0.25, 0.3) is 10.0 Å². The third-order valence-electron chi connectivity index (χ3n) is 6.30. The van der Waals surface area contributed by atoms with Crippen LogP contribution in [0.3, 0.4) is 0 Å². The first-order valence-corrected chi connectivity index (χ1v) is 14.5. The van der Waals surface area contributed by atoms with Gasteiger partial charge in [-0.2, -0.15) is 0 Å². The Morgan fingerprint density at radius 3 is 2.33 bits per heavy atom. The van der Waals surface area contributed by atoms with Crippen molar-refractivity contribution in [2.75, 3.05) is 31.6 Å². The Morgan fingerprint density at radius 2 is 1.70 bits per heavy atom. The molecule has 0 saturated heterocycles. The van der Waals surface area contributed by atoms with Crippen molar-refractivity contribution < 1.29 is 27.5 Å². The van der Waals surface area contributed by atoms with Gasteiger partial charge in [0, 0.05) is 18.1 Å². The van der Waals surface area contributed by atoms with Crippen LogP contribution in [0.4, 0.5) is 5.69 Å². The van der Waals surface area contributed by atoms with Crippen LogP contribution in [0.1, 0.15) is 25.0 Å². The van der Waals surface area contributed by atoms with Gasteiger partial charge in [-0.05, 0) is 68.8 Å². The average Bonchev–Trinajstić information content (AvgIpc) is 2.94. The first kappa shape index (κ1) is 30.8. The predicted molar refractivity (Wildman–Crippen MR) is 155 cm³/mol. The molecular formula is C29H34ClN3O6S. The lowest BCUT2D eigenvalue weighted by Crippen LogP contribution is -2.51. The monoisotopic (exact) mass is 587 g/mol. The van der Waals surface area contributed by atoms with Crippen LogP contribution in [0.2, 0.25) is 5.02 Å². The summed E-state index contributed by atoms with van der Waals surface area (Å²) in [5, 5.41) is 2.99. The molecule has 214 valence electrons. The van der Waals surface area contributed by atoms with Crippen LogP contribution in [-0.4, -0.2) is 58.5 Å². The van der Waals surface area contributed by atoms with E-state index in [1.54, 1.807) is 56.3 Å². The number of aryl methyl sites for hydroxylation is 1. The number of nitrogens with one attached hydrogen (secondary N) is 1. The molecule has 0 aliphatic carbocycles. The quantitative estimate of drug-likeness (QED) is 0.336. The van der Waals surface area contributed by atoms with Crippen molar-refractivity contribution in [2.45, 2.75) is 38.3 Å². The van der Waals surface area contributed by atoms with Gasteiger partial charge in [-0.25, -0.2) is 8.42 Å². The Hall–Kier alpha value is -3.76. The summed E-state index contributed by atoms with van der Waals surface area (Å²) in [6.07, 6.45) is 0. The van der Waals surface area contributed by atoms with E-state index in [0.717, 1.165) is 9.87 Å².